The number of amides is 2. The molecule has 3 aromatic rings. The second-order valence-electron chi connectivity index (χ2n) is 7.41. The maximum absolute atomic E-state index is 13.4. The van der Waals surface area contributed by atoms with Crippen LogP contribution in [-0.4, -0.2) is 41.6 Å². The lowest BCUT2D eigenvalue weighted by Crippen LogP contribution is -2.45. The molecule has 0 aliphatic carbocycles. The molecular weight excluding hydrogens is 440 g/mol. The van der Waals surface area contributed by atoms with Crippen molar-refractivity contribution < 1.29 is 19.4 Å². The quantitative estimate of drug-likeness (QED) is 0.419. The second kappa shape index (κ2) is 12.6. The highest BCUT2D eigenvalue weighted by molar-refractivity contribution is 6.32. The lowest BCUT2D eigenvalue weighted by atomic mass is 10.0. The Labute approximate surface area is 198 Å². The molecule has 0 spiro atoms. The molecule has 1 atom stereocenters. The maximum atomic E-state index is 13.4. The molecule has 0 aliphatic rings. The molecule has 0 radical (unpaired) electrons. The fourth-order valence-corrected chi connectivity index (χ4v) is 3.57. The van der Waals surface area contributed by atoms with Gasteiger partial charge in [-0.3, -0.25) is 9.59 Å². The van der Waals surface area contributed by atoms with Crippen molar-refractivity contribution >= 4 is 23.4 Å². The third-order valence-corrected chi connectivity index (χ3v) is 5.33. The van der Waals surface area contributed by atoms with E-state index in [9.17, 15) is 9.59 Å². The molecule has 2 amide bonds. The van der Waals surface area contributed by atoms with Gasteiger partial charge in [-0.1, -0.05) is 84.4 Å². The average molecular weight is 467 g/mol. The topological polar surface area (TPSA) is 78.9 Å². The van der Waals surface area contributed by atoms with Crippen molar-refractivity contribution in [2.24, 2.45) is 0 Å². The van der Waals surface area contributed by atoms with E-state index in [2.05, 4.69) is 5.32 Å². The minimum absolute atomic E-state index is 0.0331. The standard InChI is InChI=1S/C26H27ClN2O4/c27-22-14-7-8-15-23(22)33-19-24(31)29(18-20-10-3-1-4-11-20)25(21-12-5-2-6-13-21)26(32)28-16-9-17-30/h1-8,10-15,25,30H,9,16-19H2,(H,28,32)/t25-/m0/s1. The molecule has 0 saturated heterocycles. The molecule has 3 rings (SSSR count). The predicted molar refractivity (Wildman–Crippen MR) is 128 cm³/mol. The van der Waals surface area contributed by atoms with Gasteiger partial charge < -0.3 is 20.1 Å². The summed E-state index contributed by atoms with van der Waals surface area (Å²) in [7, 11) is 0. The summed E-state index contributed by atoms with van der Waals surface area (Å²) in [5, 5.41) is 12.3. The molecule has 0 aliphatic heterocycles. The minimum atomic E-state index is -0.868. The van der Waals surface area contributed by atoms with Crippen LogP contribution in [0.1, 0.15) is 23.6 Å². The van der Waals surface area contributed by atoms with E-state index in [0.29, 0.717) is 29.3 Å². The van der Waals surface area contributed by atoms with Crippen LogP contribution in [0.4, 0.5) is 0 Å². The van der Waals surface area contributed by atoms with Gasteiger partial charge in [-0.2, -0.15) is 0 Å². The van der Waals surface area contributed by atoms with Crippen LogP contribution in [0.25, 0.3) is 0 Å². The highest BCUT2D eigenvalue weighted by Gasteiger charge is 2.31. The van der Waals surface area contributed by atoms with Crippen LogP contribution in [0, 0.1) is 0 Å². The Balaban J connectivity index is 1.90. The van der Waals surface area contributed by atoms with Crippen molar-refractivity contribution in [3.05, 3.63) is 101 Å². The number of carbonyl (C=O) groups is 2. The van der Waals surface area contributed by atoms with Crippen LogP contribution in [0.3, 0.4) is 0 Å². The molecule has 0 unspecified atom stereocenters. The van der Waals surface area contributed by atoms with Crippen molar-refractivity contribution in [2.75, 3.05) is 19.8 Å². The molecule has 6 nitrogen and oxygen atoms in total. The maximum Gasteiger partial charge on any atom is 0.261 e. The van der Waals surface area contributed by atoms with Gasteiger partial charge in [-0.05, 0) is 29.7 Å². The number of rotatable bonds is 11. The molecule has 0 heterocycles. The summed E-state index contributed by atoms with van der Waals surface area (Å²) in [6.45, 7) is 0.221. The summed E-state index contributed by atoms with van der Waals surface area (Å²) in [5.74, 6) is -0.280. The zero-order valence-electron chi connectivity index (χ0n) is 18.2. The van der Waals surface area contributed by atoms with Gasteiger partial charge in [0, 0.05) is 19.7 Å². The number of carbonyl (C=O) groups excluding carboxylic acids is 2. The van der Waals surface area contributed by atoms with E-state index < -0.39 is 6.04 Å². The van der Waals surface area contributed by atoms with Gasteiger partial charge in [-0.25, -0.2) is 0 Å². The van der Waals surface area contributed by atoms with Crippen molar-refractivity contribution in [3.63, 3.8) is 0 Å². The van der Waals surface area contributed by atoms with Gasteiger partial charge in [0.1, 0.15) is 11.8 Å². The number of para-hydroxylation sites is 1. The number of aliphatic hydroxyl groups excluding tert-OH is 1. The van der Waals surface area contributed by atoms with E-state index in [1.807, 2.05) is 60.7 Å². The van der Waals surface area contributed by atoms with Gasteiger partial charge >= 0.3 is 0 Å². The molecule has 172 valence electrons. The number of benzene rings is 3. The summed E-state index contributed by atoms with van der Waals surface area (Å²) < 4.78 is 5.69. The van der Waals surface area contributed by atoms with Crippen LogP contribution in [0.5, 0.6) is 5.75 Å². The first kappa shape index (κ1) is 24.3. The summed E-state index contributed by atoms with van der Waals surface area (Å²) in [5.41, 5.74) is 1.56. The lowest BCUT2D eigenvalue weighted by molar-refractivity contribution is -0.143. The first-order valence-corrected chi connectivity index (χ1v) is 11.1. The van der Waals surface area contributed by atoms with E-state index >= 15 is 0 Å². The predicted octanol–water partition coefficient (Wildman–Crippen LogP) is 3.99. The van der Waals surface area contributed by atoms with Crippen molar-refractivity contribution in [3.8, 4) is 5.75 Å². The van der Waals surface area contributed by atoms with Gasteiger partial charge in [0.15, 0.2) is 6.61 Å². The van der Waals surface area contributed by atoms with Crippen LogP contribution in [0.2, 0.25) is 5.02 Å². The Hall–Kier alpha value is -3.35. The number of nitrogens with zero attached hydrogens (tertiary/aromatic N) is 1. The third-order valence-electron chi connectivity index (χ3n) is 5.01. The number of aliphatic hydroxyl groups is 1. The van der Waals surface area contributed by atoms with Gasteiger partial charge in [-0.15, -0.1) is 0 Å². The third kappa shape index (κ3) is 7.07. The second-order valence-corrected chi connectivity index (χ2v) is 7.81. The van der Waals surface area contributed by atoms with Crippen LogP contribution in [0.15, 0.2) is 84.9 Å². The normalized spacial score (nSPS) is 11.5. The van der Waals surface area contributed by atoms with Crippen LogP contribution < -0.4 is 10.1 Å². The zero-order chi connectivity index (χ0) is 23.5. The number of nitrogens with one attached hydrogen (secondary N) is 1. The van der Waals surface area contributed by atoms with E-state index in [-0.39, 0.29) is 31.6 Å². The van der Waals surface area contributed by atoms with E-state index in [1.165, 1.54) is 4.90 Å². The van der Waals surface area contributed by atoms with Gasteiger partial charge in [0.05, 0.1) is 5.02 Å². The fraction of sp³-hybridized carbons (Fsp3) is 0.231. The Kier molecular flexibility index (Phi) is 9.30. The summed E-state index contributed by atoms with van der Waals surface area (Å²) in [6.07, 6.45) is 0.426. The number of hydrogen-bond acceptors (Lipinski definition) is 4. The Morgan fingerprint density at radius 1 is 0.939 bits per heavy atom. The van der Waals surface area contributed by atoms with E-state index in [1.54, 1.807) is 24.3 Å². The first-order chi connectivity index (χ1) is 16.1. The van der Waals surface area contributed by atoms with Crippen molar-refractivity contribution in [1.82, 2.24) is 10.2 Å². The van der Waals surface area contributed by atoms with Crippen LogP contribution >= 0.6 is 11.6 Å². The highest BCUT2D eigenvalue weighted by atomic mass is 35.5. The number of halogens is 1. The van der Waals surface area contributed by atoms with Crippen molar-refractivity contribution in [1.29, 1.82) is 0 Å². The molecular formula is C26H27ClN2O4. The SMILES string of the molecule is O=C(NCCCO)[C@H](c1ccccc1)N(Cc1ccccc1)C(=O)COc1ccccc1Cl. The van der Waals surface area contributed by atoms with E-state index in [0.717, 1.165) is 5.56 Å². The Morgan fingerprint density at radius 2 is 1.58 bits per heavy atom. The van der Waals surface area contributed by atoms with Crippen LogP contribution in [-0.2, 0) is 16.1 Å². The molecule has 0 saturated carbocycles. The number of ether oxygens (including phenoxy) is 1. The molecule has 33 heavy (non-hydrogen) atoms. The van der Waals surface area contributed by atoms with Gasteiger partial charge in [0.25, 0.3) is 5.91 Å². The molecule has 0 aromatic heterocycles. The average Bonchev–Trinajstić information content (AvgIpc) is 2.84. The molecule has 0 fully saturated rings. The Bertz CT molecular complexity index is 1030. The highest BCUT2D eigenvalue weighted by Crippen LogP contribution is 2.26. The Morgan fingerprint density at radius 3 is 2.24 bits per heavy atom. The number of hydrogen-bond donors (Lipinski definition) is 2. The van der Waals surface area contributed by atoms with Gasteiger partial charge in [0.2, 0.25) is 5.91 Å². The van der Waals surface area contributed by atoms with Crippen molar-refractivity contribution in [2.45, 2.75) is 19.0 Å². The lowest BCUT2D eigenvalue weighted by Gasteiger charge is -2.31. The summed E-state index contributed by atoms with van der Waals surface area (Å²) in [4.78, 5) is 28.2. The fourth-order valence-electron chi connectivity index (χ4n) is 3.38. The molecule has 7 heteroatoms. The summed E-state index contributed by atoms with van der Waals surface area (Å²) in [6, 6.07) is 24.7. The molecule has 3 aromatic carbocycles. The zero-order valence-corrected chi connectivity index (χ0v) is 18.9. The van der Waals surface area contributed by atoms with E-state index in [4.69, 9.17) is 21.4 Å². The first-order valence-electron chi connectivity index (χ1n) is 10.7. The summed E-state index contributed by atoms with van der Waals surface area (Å²) >= 11 is 6.16. The largest absolute Gasteiger partial charge is 0.482 e. The molecule has 2 N–H and O–H groups in total. The monoisotopic (exact) mass is 466 g/mol. The smallest absolute Gasteiger partial charge is 0.261 e. The molecule has 0 bridgehead atoms. The minimum Gasteiger partial charge on any atom is -0.482 e.